The van der Waals surface area contributed by atoms with Crippen LogP contribution in [0.15, 0.2) is 77.4 Å². The maximum atomic E-state index is 13.5. The van der Waals surface area contributed by atoms with Crippen LogP contribution >= 0.6 is 0 Å². The summed E-state index contributed by atoms with van der Waals surface area (Å²) in [7, 11) is 0. The van der Waals surface area contributed by atoms with Crippen molar-refractivity contribution in [1.29, 1.82) is 0 Å². The molecule has 0 atom stereocenters. The predicted octanol–water partition coefficient (Wildman–Crippen LogP) is 5.05. The van der Waals surface area contributed by atoms with Gasteiger partial charge in [0.1, 0.15) is 5.82 Å². The fourth-order valence-electron chi connectivity index (χ4n) is 3.26. The van der Waals surface area contributed by atoms with Gasteiger partial charge in [-0.2, -0.15) is 13.2 Å². The molecule has 0 radical (unpaired) electrons. The van der Waals surface area contributed by atoms with Crippen molar-refractivity contribution in [3.8, 4) is 5.69 Å². The van der Waals surface area contributed by atoms with Crippen LogP contribution in [0.4, 0.5) is 19.0 Å². The minimum absolute atomic E-state index is 0.0450. The van der Waals surface area contributed by atoms with Crippen molar-refractivity contribution < 1.29 is 13.2 Å². The van der Waals surface area contributed by atoms with Gasteiger partial charge in [-0.25, -0.2) is 4.98 Å². The topological polar surface area (TPSA) is 46.9 Å². The highest BCUT2D eigenvalue weighted by atomic mass is 19.4. The summed E-state index contributed by atoms with van der Waals surface area (Å²) in [6.07, 6.45) is 4.04. The second-order valence-corrected chi connectivity index (χ2v) is 6.38. The average Bonchev–Trinajstić information content (AvgIpc) is 2.68. The molecule has 1 N–H and O–H groups in total. The number of rotatable bonds is 3. The molecule has 142 valence electrons. The maximum absolute atomic E-state index is 13.5. The summed E-state index contributed by atoms with van der Waals surface area (Å²) < 4.78 is 42.0. The van der Waals surface area contributed by atoms with Crippen LogP contribution in [0.3, 0.4) is 0 Å². The number of pyridine rings is 2. The largest absolute Gasteiger partial charge is 0.417 e. The number of hydrogen-bond acceptors (Lipinski definition) is 3. The molecule has 7 heteroatoms. The van der Waals surface area contributed by atoms with E-state index in [1.165, 1.54) is 10.6 Å². The van der Waals surface area contributed by atoms with Gasteiger partial charge in [0.2, 0.25) is 0 Å². The van der Waals surface area contributed by atoms with Crippen LogP contribution < -0.4 is 10.7 Å². The summed E-state index contributed by atoms with van der Waals surface area (Å²) in [6, 6.07) is 10.9. The smallest absolute Gasteiger partial charge is 0.341 e. The highest BCUT2D eigenvalue weighted by Crippen LogP contribution is 2.34. The Labute approximate surface area is 158 Å². The van der Waals surface area contributed by atoms with Gasteiger partial charge in [0.15, 0.2) is 11.1 Å². The number of aromatic nitrogens is 2. The van der Waals surface area contributed by atoms with Crippen molar-refractivity contribution in [2.45, 2.75) is 19.0 Å². The lowest BCUT2D eigenvalue weighted by Crippen LogP contribution is -2.19. The molecule has 1 aliphatic rings. The van der Waals surface area contributed by atoms with Crippen LogP contribution in [0, 0.1) is 0 Å². The zero-order valence-electron chi connectivity index (χ0n) is 14.7. The molecule has 28 heavy (non-hydrogen) atoms. The molecule has 0 unspecified atom stereocenters. The van der Waals surface area contributed by atoms with Gasteiger partial charge in [-0.3, -0.25) is 9.36 Å². The summed E-state index contributed by atoms with van der Waals surface area (Å²) in [5.41, 5.74) is -0.388. The Balaban J connectivity index is 2.03. The van der Waals surface area contributed by atoms with Gasteiger partial charge >= 0.3 is 6.18 Å². The molecular formula is C21H16F3N3O. The number of fused-ring (bicyclic) bond motifs is 1. The van der Waals surface area contributed by atoms with Crippen LogP contribution in [0.2, 0.25) is 0 Å². The summed E-state index contributed by atoms with van der Waals surface area (Å²) in [6.45, 7) is 0. The maximum Gasteiger partial charge on any atom is 0.417 e. The van der Waals surface area contributed by atoms with Crippen molar-refractivity contribution in [2.75, 3.05) is 5.32 Å². The van der Waals surface area contributed by atoms with Gasteiger partial charge in [0.25, 0.3) is 0 Å². The molecule has 0 amide bonds. The van der Waals surface area contributed by atoms with Gasteiger partial charge in [-0.05, 0) is 37.1 Å². The fraction of sp³-hybridized carbons (Fsp3) is 0.143. The molecule has 1 aromatic carbocycles. The van der Waals surface area contributed by atoms with E-state index in [0.29, 0.717) is 11.5 Å². The highest BCUT2D eigenvalue weighted by Gasteiger charge is 2.34. The summed E-state index contributed by atoms with van der Waals surface area (Å²) in [4.78, 5) is 16.8. The Morgan fingerprint density at radius 1 is 1.07 bits per heavy atom. The Bertz CT molecular complexity index is 1150. The molecule has 2 aromatic heterocycles. The second kappa shape index (κ2) is 6.99. The standard InChI is InChI=1S/C21H16F3N3O/c22-21(23,24)16-11-12-25-20-19(16)17(28)13-18(26-14-7-3-1-4-8-14)27(20)15-9-5-2-6-10-15/h2-3,5-13,26H,1,4H2. The molecule has 0 bridgehead atoms. The molecule has 0 saturated heterocycles. The monoisotopic (exact) mass is 383 g/mol. The van der Waals surface area contributed by atoms with E-state index in [1.54, 1.807) is 24.3 Å². The Kier molecular flexibility index (Phi) is 4.50. The molecule has 0 fully saturated rings. The lowest BCUT2D eigenvalue weighted by molar-refractivity contribution is -0.136. The molecule has 4 nitrogen and oxygen atoms in total. The van der Waals surface area contributed by atoms with E-state index in [0.717, 1.165) is 30.8 Å². The van der Waals surface area contributed by atoms with Gasteiger partial charge in [-0.1, -0.05) is 30.4 Å². The first-order valence-electron chi connectivity index (χ1n) is 8.76. The number of anilines is 1. The van der Waals surface area contributed by atoms with E-state index in [1.807, 2.05) is 24.3 Å². The van der Waals surface area contributed by atoms with E-state index in [2.05, 4.69) is 10.3 Å². The zero-order valence-corrected chi connectivity index (χ0v) is 14.7. The van der Waals surface area contributed by atoms with Crippen molar-refractivity contribution in [1.82, 2.24) is 9.55 Å². The first kappa shape index (κ1) is 18.0. The lowest BCUT2D eigenvalue weighted by Gasteiger charge is -2.20. The third kappa shape index (κ3) is 3.31. The highest BCUT2D eigenvalue weighted by molar-refractivity contribution is 5.83. The predicted molar refractivity (Wildman–Crippen MR) is 102 cm³/mol. The number of halogens is 3. The normalized spacial score (nSPS) is 14.2. The quantitative estimate of drug-likeness (QED) is 0.688. The second-order valence-electron chi connectivity index (χ2n) is 6.38. The van der Waals surface area contributed by atoms with Gasteiger partial charge in [-0.15, -0.1) is 0 Å². The third-order valence-electron chi connectivity index (χ3n) is 4.49. The number of benzene rings is 1. The van der Waals surface area contributed by atoms with Crippen LogP contribution in [0.5, 0.6) is 0 Å². The summed E-state index contributed by atoms with van der Waals surface area (Å²) in [5, 5.41) is 2.71. The molecular weight excluding hydrogens is 367 g/mol. The minimum atomic E-state index is -4.65. The first-order valence-corrected chi connectivity index (χ1v) is 8.76. The van der Waals surface area contributed by atoms with Crippen LogP contribution in [-0.2, 0) is 6.18 Å². The first-order chi connectivity index (χ1) is 13.4. The summed E-state index contributed by atoms with van der Waals surface area (Å²) in [5.74, 6) is 0.355. The number of alkyl halides is 3. The number of nitrogens with one attached hydrogen (secondary N) is 1. The average molecular weight is 383 g/mol. The van der Waals surface area contributed by atoms with Crippen molar-refractivity contribution in [3.05, 3.63) is 88.4 Å². The van der Waals surface area contributed by atoms with Crippen molar-refractivity contribution in [3.63, 3.8) is 0 Å². The molecule has 2 heterocycles. The number of hydrogen-bond donors (Lipinski definition) is 1. The van der Waals surface area contributed by atoms with E-state index in [9.17, 15) is 18.0 Å². The van der Waals surface area contributed by atoms with E-state index in [-0.39, 0.29) is 5.65 Å². The SMILES string of the molecule is O=c1cc(NC2=CCCC=C2)n(-c2ccccc2)c2nccc(C(F)(F)F)c12. The fourth-order valence-corrected chi connectivity index (χ4v) is 3.26. The molecule has 0 saturated carbocycles. The number of nitrogens with zero attached hydrogens (tertiary/aromatic N) is 2. The molecule has 3 aromatic rings. The van der Waals surface area contributed by atoms with E-state index in [4.69, 9.17) is 0 Å². The Morgan fingerprint density at radius 3 is 2.54 bits per heavy atom. The molecule has 0 spiro atoms. The number of para-hydroxylation sites is 1. The van der Waals surface area contributed by atoms with Crippen molar-refractivity contribution in [2.24, 2.45) is 0 Å². The Morgan fingerprint density at radius 2 is 1.86 bits per heavy atom. The third-order valence-corrected chi connectivity index (χ3v) is 4.49. The van der Waals surface area contributed by atoms with Gasteiger partial charge in [0, 0.05) is 23.6 Å². The molecule has 0 aliphatic heterocycles. The zero-order chi connectivity index (χ0) is 19.7. The van der Waals surface area contributed by atoms with Crippen LogP contribution in [0.1, 0.15) is 18.4 Å². The minimum Gasteiger partial charge on any atom is -0.341 e. The van der Waals surface area contributed by atoms with Crippen LogP contribution in [-0.4, -0.2) is 9.55 Å². The van der Waals surface area contributed by atoms with Crippen LogP contribution in [0.25, 0.3) is 16.7 Å². The number of allylic oxidation sites excluding steroid dienone is 3. The van der Waals surface area contributed by atoms with E-state index >= 15 is 0 Å². The van der Waals surface area contributed by atoms with Gasteiger partial charge < -0.3 is 5.32 Å². The Hall–Kier alpha value is -3.35. The van der Waals surface area contributed by atoms with Gasteiger partial charge in [0.05, 0.1) is 10.9 Å². The van der Waals surface area contributed by atoms with Crippen molar-refractivity contribution >= 4 is 16.9 Å². The van der Waals surface area contributed by atoms with E-state index < -0.39 is 22.6 Å². The lowest BCUT2D eigenvalue weighted by atomic mass is 10.1. The summed E-state index contributed by atoms with van der Waals surface area (Å²) >= 11 is 0. The molecule has 4 rings (SSSR count). The molecule has 1 aliphatic carbocycles.